The van der Waals surface area contributed by atoms with Crippen LogP contribution in [0.3, 0.4) is 0 Å². The topological polar surface area (TPSA) is 15.5 Å². The van der Waals surface area contributed by atoms with Crippen molar-refractivity contribution in [3.63, 3.8) is 0 Å². The summed E-state index contributed by atoms with van der Waals surface area (Å²) in [5, 5.41) is 2.56. The van der Waals surface area contributed by atoms with Crippen molar-refractivity contribution in [3.05, 3.63) is 85.3 Å². The first kappa shape index (κ1) is 40.6. The Morgan fingerprint density at radius 2 is 1.73 bits per heavy atom. The van der Waals surface area contributed by atoms with Crippen LogP contribution in [0.4, 0.5) is 10.0 Å². The molecule has 0 bridgehead atoms. The molecule has 0 fully saturated rings. The van der Waals surface area contributed by atoms with E-state index in [1.54, 1.807) is 14.9 Å². The molecular weight excluding hydrogens is 730 g/mol. The molecule has 2 atom stereocenters. The van der Waals surface area contributed by atoms with Gasteiger partial charge < -0.3 is 0 Å². The zero-order chi connectivity index (χ0) is 32.1. The molecule has 0 N–H and O–H groups in total. The quantitative estimate of drug-likeness (QED) is 0.133. The van der Waals surface area contributed by atoms with Gasteiger partial charge in [-0.3, -0.25) is 0 Å². The minimum Gasteiger partial charge on any atom is -0.0683 e. The number of anilines is 1. The maximum atomic E-state index is 6.69. The largest absolute Gasteiger partial charge is 2.00 e. The smallest absolute Gasteiger partial charge is 0.0683 e. The first-order chi connectivity index (χ1) is 21.1. The van der Waals surface area contributed by atoms with Crippen LogP contribution in [0.5, 0.6) is 0 Å². The maximum Gasteiger partial charge on any atom is 2.00 e. The van der Waals surface area contributed by atoms with Crippen molar-refractivity contribution in [1.29, 1.82) is 0 Å². The van der Waals surface area contributed by atoms with Crippen LogP contribution >= 0.6 is 22.7 Å². The summed E-state index contributed by atoms with van der Waals surface area (Å²) in [6.45, 7) is 30.0. The number of aryl methyl sites for hydroxylation is 1. The fourth-order valence-corrected chi connectivity index (χ4v) is 11.3. The zero-order valence-corrected chi connectivity index (χ0v) is 33.6. The first-order valence-electron chi connectivity index (χ1n) is 15.9. The third-order valence-corrected chi connectivity index (χ3v) is 12.6. The fourth-order valence-electron chi connectivity index (χ4n) is 4.98. The number of hydrogen-bond donors (Lipinski definition) is 0. The molecule has 239 valence electrons. The molecule has 3 nitrogen and oxygen atoms in total. The SMILES string of the molecule is C=C/C=C\c1[c-]c(N2[C-]=C3C=C4C5=[N+](CCC4OC3CC2)c2sc(C=C)c(/C=C\C)c2[I-]5)sc1C.CC.CC.CC.CC.[V+2]. The molecule has 2 unspecified atom stereocenters. The summed E-state index contributed by atoms with van der Waals surface area (Å²) in [5.74, 6) is 0. The van der Waals surface area contributed by atoms with Crippen LogP contribution in [-0.2, 0) is 23.3 Å². The number of hydrogen-bond acceptors (Lipinski definition) is 4. The van der Waals surface area contributed by atoms with Gasteiger partial charge in [-0.25, -0.2) is 0 Å². The molecule has 2 aromatic heterocycles. The van der Waals surface area contributed by atoms with Gasteiger partial charge in [0, 0.05) is 0 Å². The van der Waals surface area contributed by atoms with E-state index in [1.807, 2.05) is 85.0 Å². The first-order valence-corrected chi connectivity index (χ1v) is 19.7. The number of ether oxygens (including phenoxy) is 1. The van der Waals surface area contributed by atoms with Gasteiger partial charge in [0.15, 0.2) is 0 Å². The van der Waals surface area contributed by atoms with Gasteiger partial charge in [-0.1, -0.05) is 55.4 Å². The second kappa shape index (κ2) is 20.7. The van der Waals surface area contributed by atoms with Gasteiger partial charge in [-0.2, -0.15) is 0 Å². The van der Waals surface area contributed by atoms with E-state index >= 15 is 0 Å². The van der Waals surface area contributed by atoms with Crippen LogP contribution in [0.25, 0.3) is 18.2 Å². The van der Waals surface area contributed by atoms with Gasteiger partial charge in [0.2, 0.25) is 0 Å². The summed E-state index contributed by atoms with van der Waals surface area (Å²) in [6, 6.07) is 3.56. The molecule has 2 aromatic rings. The van der Waals surface area contributed by atoms with Crippen molar-refractivity contribution in [3.8, 4) is 0 Å². The van der Waals surface area contributed by atoms with E-state index in [9.17, 15) is 0 Å². The van der Waals surface area contributed by atoms with Gasteiger partial charge in [0.25, 0.3) is 0 Å². The average molecular weight is 782 g/mol. The zero-order valence-electron chi connectivity index (χ0n) is 28.4. The Morgan fingerprint density at radius 3 is 2.36 bits per heavy atom. The molecule has 0 spiro atoms. The van der Waals surface area contributed by atoms with Crippen LogP contribution in [-0.4, -0.2) is 33.6 Å². The van der Waals surface area contributed by atoms with Gasteiger partial charge in [0.05, 0.1) is 0 Å². The molecule has 4 aliphatic rings. The summed E-state index contributed by atoms with van der Waals surface area (Å²) in [6.07, 6.45) is 20.8. The predicted molar refractivity (Wildman–Crippen MR) is 190 cm³/mol. The molecule has 0 saturated heterocycles. The monoisotopic (exact) mass is 781 g/mol. The van der Waals surface area contributed by atoms with E-state index in [-0.39, 0.29) is 52.0 Å². The van der Waals surface area contributed by atoms with Crippen molar-refractivity contribution in [2.75, 3.05) is 18.0 Å². The van der Waals surface area contributed by atoms with Crippen LogP contribution in [0.15, 0.2) is 48.6 Å². The average Bonchev–Trinajstić information content (AvgIpc) is 3.74. The summed E-state index contributed by atoms with van der Waals surface area (Å²) in [4.78, 5) is 4.80. The van der Waals surface area contributed by atoms with Crippen molar-refractivity contribution < 1.29 is 49.1 Å². The van der Waals surface area contributed by atoms with Gasteiger partial charge in [-0.15, -0.1) is 6.58 Å². The predicted octanol–water partition coefficient (Wildman–Crippen LogP) is 7.91. The summed E-state index contributed by atoms with van der Waals surface area (Å²) >= 11 is 3.41. The molecule has 6 heterocycles. The number of rotatable bonds is 5. The van der Waals surface area contributed by atoms with E-state index in [1.165, 1.54) is 35.2 Å². The second-order valence-electron chi connectivity index (χ2n) is 8.85. The van der Waals surface area contributed by atoms with E-state index in [4.69, 9.17) is 4.74 Å². The number of nitrogens with zero attached hydrogens (tertiary/aromatic N) is 2. The standard InChI is InChI=1S/C29H27IN2OS2.4C2H6.V/c1-5-8-10-19-16-26(34-18(19)4)31-13-11-23-20(17-31)15-22-24(33-23)12-14-32-28(22)30-27-21(9-6-2)25(7-3)35-29(27)32;4*1-2;/h5-10,15,23-24H,1,3,11-14H2,2,4H3;4*1-2H3;/q-2;;;;;+2/b9-6-,10-8-;;;;;. The van der Waals surface area contributed by atoms with Crippen molar-refractivity contribution in [2.45, 2.75) is 94.3 Å². The Bertz CT molecular complexity index is 1390. The summed E-state index contributed by atoms with van der Waals surface area (Å²) in [5.41, 5.74) is 5.08. The number of thiophene rings is 2. The van der Waals surface area contributed by atoms with E-state index < -0.39 is 0 Å². The minimum absolute atomic E-state index is 0. The van der Waals surface area contributed by atoms with Crippen LogP contribution in [0.1, 0.15) is 96.0 Å². The molecule has 7 heteroatoms. The van der Waals surface area contributed by atoms with Crippen molar-refractivity contribution >= 4 is 54.6 Å². The normalized spacial score (nSPS) is 19.2. The fraction of sp³-hybridized carbons (Fsp3) is 0.432. The molecule has 44 heavy (non-hydrogen) atoms. The van der Waals surface area contributed by atoms with Crippen LogP contribution in [0.2, 0.25) is 0 Å². The maximum absolute atomic E-state index is 6.69. The second-order valence-corrected chi connectivity index (χ2v) is 13.7. The molecule has 0 saturated carbocycles. The van der Waals surface area contributed by atoms with E-state index in [0.29, 0.717) is 0 Å². The van der Waals surface area contributed by atoms with Gasteiger partial charge >= 0.3 is 239 Å². The van der Waals surface area contributed by atoms with Gasteiger partial charge in [-0.05, 0) is 0 Å². The van der Waals surface area contributed by atoms with Crippen LogP contribution in [0, 0.1) is 22.8 Å². The Morgan fingerprint density at radius 1 is 1.02 bits per heavy atom. The van der Waals surface area contributed by atoms with E-state index in [2.05, 4.69) is 73.1 Å². The number of allylic oxidation sites excluding steroid dienone is 3. The summed E-state index contributed by atoms with van der Waals surface area (Å²) in [7, 11) is 0. The molecule has 1 radical (unpaired) electrons. The third-order valence-electron chi connectivity index (χ3n) is 6.66. The van der Waals surface area contributed by atoms with E-state index in [0.717, 1.165) is 36.5 Å². The van der Waals surface area contributed by atoms with Crippen molar-refractivity contribution in [2.24, 2.45) is 0 Å². The van der Waals surface area contributed by atoms with Gasteiger partial charge in [0.1, 0.15) is 0 Å². The molecule has 6 rings (SSSR count). The molecule has 0 aliphatic carbocycles. The minimum atomic E-state index is -0.262. The van der Waals surface area contributed by atoms with Crippen LogP contribution < -0.4 is 26.1 Å². The molecule has 0 aromatic carbocycles. The number of fused-ring (bicyclic) bond motifs is 5. The molecule has 4 aliphatic heterocycles. The molecular formula is C37H51IN2OS2V. The number of halogens is 1. The third kappa shape index (κ3) is 8.68. The Balaban J connectivity index is 0.000000999. The Hall–Kier alpha value is -1.42. The Kier molecular flexibility index (Phi) is 19.1. The molecule has 0 amide bonds. The Labute approximate surface area is 299 Å². The van der Waals surface area contributed by atoms with Crippen molar-refractivity contribution in [1.82, 2.24) is 0 Å². The summed E-state index contributed by atoms with van der Waals surface area (Å²) < 4.78 is 12.3.